The lowest BCUT2D eigenvalue weighted by Gasteiger charge is -2.06. The van der Waals surface area contributed by atoms with Gasteiger partial charge in [0.05, 0.1) is 0 Å². The molecule has 0 atom stereocenters. The van der Waals surface area contributed by atoms with Crippen molar-refractivity contribution in [3.8, 4) is 0 Å². The van der Waals surface area contributed by atoms with Gasteiger partial charge in [0.15, 0.2) is 0 Å². The highest BCUT2D eigenvalue weighted by Gasteiger charge is 2.07. The maximum Gasteiger partial charge on any atom is 0.332 e. The summed E-state index contributed by atoms with van der Waals surface area (Å²) in [5.74, 6) is -0.713. The molecule has 76 valence electrons. The third kappa shape index (κ3) is 1.65. The summed E-state index contributed by atoms with van der Waals surface area (Å²) in [6.07, 6.45) is 0. The summed E-state index contributed by atoms with van der Waals surface area (Å²) < 4.78 is 1.78. The molecule has 1 rings (SSSR count). The van der Waals surface area contributed by atoms with Gasteiger partial charge in [-0.1, -0.05) is 0 Å². The SMILES string of the molecule is Cn1c(N)cc(=O)n(CC(N)=O)c1=O. The largest absolute Gasteiger partial charge is 0.385 e. The molecule has 0 bridgehead atoms. The van der Waals surface area contributed by atoms with Crippen molar-refractivity contribution in [2.45, 2.75) is 6.54 Å². The van der Waals surface area contributed by atoms with Gasteiger partial charge >= 0.3 is 5.69 Å². The smallest absolute Gasteiger partial charge is 0.332 e. The van der Waals surface area contributed by atoms with E-state index in [2.05, 4.69) is 0 Å². The Morgan fingerprint density at radius 1 is 1.50 bits per heavy atom. The molecule has 0 spiro atoms. The predicted octanol–water partition coefficient (Wildman–Crippen LogP) is -2.39. The number of rotatable bonds is 2. The fourth-order valence-electron chi connectivity index (χ4n) is 0.988. The molecular formula is C7H10N4O3. The zero-order chi connectivity index (χ0) is 10.9. The van der Waals surface area contributed by atoms with E-state index < -0.39 is 23.7 Å². The Morgan fingerprint density at radius 3 is 2.57 bits per heavy atom. The summed E-state index contributed by atoms with van der Waals surface area (Å²) in [5.41, 5.74) is 8.93. The van der Waals surface area contributed by atoms with Gasteiger partial charge < -0.3 is 11.5 Å². The third-order valence-corrected chi connectivity index (χ3v) is 1.76. The molecule has 1 aromatic heterocycles. The van der Waals surface area contributed by atoms with Crippen LogP contribution in [0, 0.1) is 0 Å². The van der Waals surface area contributed by atoms with Crippen LogP contribution in [0.2, 0.25) is 0 Å². The number of nitrogens with zero attached hydrogens (tertiary/aromatic N) is 2. The summed E-state index contributed by atoms with van der Waals surface area (Å²) in [6, 6.07) is 1.06. The summed E-state index contributed by atoms with van der Waals surface area (Å²) in [5, 5.41) is 0. The van der Waals surface area contributed by atoms with Crippen molar-refractivity contribution in [1.82, 2.24) is 9.13 Å². The standard InChI is InChI=1S/C7H10N4O3/c1-10-4(8)2-6(13)11(7(10)14)3-5(9)12/h2H,3,8H2,1H3,(H2,9,12). The van der Waals surface area contributed by atoms with Crippen molar-refractivity contribution >= 4 is 11.7 Å². The van der Waals surface area contributed by atoms with Gasteiger partial charge in [-0.2, -0.15) is 0 Å². The number of anilines is 1. The zero-order valence-corrected chi connectivity index (χ0v) is 7.56. The second-order valence-electron chi connectivity index (χ2n) is 2.80. The molecule has 0 unspecified atom stereocenters. The molecule has 1 amide bonds. The lowest BCUT2D eigenvalue weighted by Crippen LogP contribution is -2.42. The molecule has 0 aliphatic rings. The highest BCUT2D eigenvalue weighted by atomic mass is 16.2. The molecule has 14 heavy (non-hydrogen) atoms. The molecule has 7 nitrogen and oxygen atoms in total. The van der Waals surface area contributed by atoms with E-state index in [1.807, 2.05) is 0 Å². The number of primary amides is 1. The van der Waals surface area contributed by atoms with Crippen molar-refractivity contribution in [2.75, 3.05) is 5.73 Å². The number of hydrogen-bond donors (Lipinski definition) is 2. The van der Waals surface area contributed by atoms with E-state index in [0.717, 1.165) is 15.2 Å². The lowest BCUT2D eigenvalue weighted by atomic mass is 10.5. The van der Waals surface area contributed by atoms with Crippen LogP contribution in [-0.2, 0) is 18.4 Å². The van der Waals surface area contributed by atoms with Crippen LogP contribution in [0.15, 0.2) is 15.7 Å². The van der Waals surface area contributed by atoms with E-state index in [1.165, 1.54) is 7.05 Å². The normalized spacial score (nSPS) is 10.1. The zero-order valence-electron chi connectivity index (χ0n) is 7.56. The molecule has 7 heteroatoms. The third-order valence-electron chi connectivity index (χ3n) is 1.76. The van der Waals surface area contributed by atoms with Crippen molar-refractivity contribution in [1.29, 1.82) is 0 Å². The first-order valence-corrected chi connectivity index (χ1v) is 3.78. The van der Waals surface area contributed by atoms with E-state index in [1.54, 1.807) is 0 Å². The van der Waals surface area contributed by atoms with Crippen molar-refractivity contribution < 1.29 is 4.79 Å². The average molecular weight is 198 g/mol. The van der Waals surface area contributed by atoms with E-state index in [9.17, 15) is 14.4 Å². The Hall–Kier alpha value is -2.05. The summed E-state index contributed by atoms with van der Waals surface area (Å²) in [7, 11) is 1.40. The van der Waals surface area contributed by atoms with Gasteiger partial charge in [0, 0.05) is 13.1 Å². The highest BCUT2D eigenvalue weighted by molar-refractivity contribution is 5.73. The second kappa shape index (κ2) is 3.36. The summed E-state index contributed by atoms with van der Waals surface area (Å²) in [6.45, 7) is -0.439. The minimum absolute atomic E-state index is 0.0423. The monoisotopic (exact) mass is 198 g/mol. The van der Waals surface area contributed by atoms with Crippen LogP contribution in [0.5, 0.6) is 0 Å². The Kier molecular flexibility index (Phi) is 2.41. The Labute approximate surface area is 78.5 Å². The van der Waals surface area contributed by atoms with Crippen molar-refractivity contribution in [3.63, 3.8) is 0 Å². The van der Waals surface area contributed by atoms with E-state index in [4.69, 9.17) is 11.5 Å². The van der Waals surface area contributed by atoms with Crippen molar-refractivity contribution in [3.05, 3.63) is 26.9 Å². The van der Waals surface area contributed by atoms with Crippen LogP contribution in [0.4, 0.5) is 5.82 Å². The average Bonchev–Trinajstić information content (AvgIpc) is 2.09. The van der Waals surface area contributed by atoms with Crippen LogP contribution in [0.25, 0.3) is 0 Å². The molecule has 1 heterocycles. The molecule has 0 radical (unpaired) electrons. The topological polar surface area (TPSA) is 113 Å². The van der Waals surface area contributed by atoms with Gasteiger partial charge in [0.1, 0.15) is 12.4 Å². The van der Waals surface area contributed by atoms with E-state index in [-0.39, 0.29) is 5.82 Å². The highest BCUT2D eigenvalue weighted by Crippen LogP contribution is 1.88. The van der Waals surface area contributed by atoms with Gasteiger partial charge in [0.2, 0.25) is 5.91 Å². The number of amides is 1. The maximum atomic E-state index is 11.4. The molecule has 0 aliphatic heterocycles. The van der Waals surface area contributed by atoms with E-state index >= 15 is 0 Å². The molecular weight excluding hydrogens is 188 g/mol. The molecule has 0 aromatic carbocycles. The van der Waals surface area contributed by atoms with Crippen LogP contribution < -0.4 is 22.7 Å². The van der Waals surface area contributed by atoms with Crippen LogP contribution in [0.1, 0.15) is 0 Å². The minimum atomic E-state index is -0.756. The Balaban J connectivity index is 3.45. The number of nitrogen functional groups attached to an aromatic ring is 1. The van der Waals surface area contributed by atoms with Gasteiger partial charge in [-0.25, -0.2) is 4.79 Å². The number of aromatic nitrogens is 2. The summed E-state index contributed by atoms with van der Waals surface area (Å²) >= 11 is 0. The van der Waals surface area contributed by atoms with Crippen LogP contribution in [-0.4, -0.2) is 15.0 Å². The van der Waals surface area contributed by atoms with E-state index in [0.29, 0.717) is 0 Å². The molecule has 0 saturated carbocycles. The maximum absolute atomic E-state index is 11.4. The first-order chi connectivity index (χ1) is 6.43. The first kappa shape index (κ1) is 10.0. The Morgan fingerprint density at radius 2 is 2.07 bits per heavy atom. The molecule has 4 N–H and O–H groups in total. The summed E-state index contributed by atoms with van der Waals surface area (Å²) in [4.78, 5) is 33.1. The molecule has 0 saturated heterocycles. The van der Waals surface area contributed by atoms with Gasteiger partial charge in [-0.05, 0) is 0 Å². The molecule has 0 aliphatic carbocycles. The number of carbonyl (C=O) groups excluding carboxylic acids is 1. The number of carbonyl (C=O) groups is 1. The number of hydrogen-bond acceptors (Lipinski definition) is 4. The molecule has 0 fully saturated rings. The first-order valence-electron chi connectivity index (χ1n) is 3.78. The van der Waals surface area contributed by atoms with Gasteiger partial charge in [-0.3, -0.25) is 18.7 Å². The van der Waals surface area contributed by atoms with Gasteiger partial charge in [-0.15, -0.1) is 0 Å². The van der Waals surface area contributed by atoms with Crippen molar-refractivity contribution in [2.24, 2.45) is 12.8 Å². The van der Waals surface area contributed by atoms with Gasteiger partial charge in [0.25, 0.3) is 5.56 Å². The molecule has 1 aromatic rings. The van der Waals surface area contributed by atoms with Crippen LogP contribution in [0.3, 0.4) is 0 Å². The fourth-order valence-corrected chi connectivity index (χ4v) is 0.988. The quantitative estimate of drug-likeness (QED) is 0.552. The fraction of sp³-hybridized carbons (Fsp3) is 0.286. The predicted molar refractivity (Wildman–Crippen MR) is 49.5 cm³/mol. The lowest BCUT2D eigenvalue weighted by molar-refractivity contribution is -0.118. The minimum Gasteiger partial charge on any atom is -0.385 e. The second-order valence-corrected chi connectivity index (χ2v) is 2.80. The Bertz CT molecular complexity index is 485. The van der Waals surface area contributed by atoms with Crippen LogP contribution >= 0.6 is 0 Å². The number of nitrogens with two attached hydrogens (primary N) is 2.